The van der Waals surface area contributed by atoms with Crippen LogP contribution in [0.2, 0.25) is 0 Å². The maximum absolute atomic E-state index is 10.9. The first kappa shape index (κ1) is 7.25. The molecule has 0 aliphatic carbocycles. The first-order chi connectivity index (χ1) is 4.61. The minimum absolute atomic E-state index is 0.0104. The van der Waals surface area contributed by atoms with Crippen LogP contribution in [0.5, 0.6) is 0 Å². The van der Waals surface area contributed by atoms with Crippen LogP contribution in [-0.4, -0.2) is 17.9 Å². The van der Waals surface area contributed by atoms with Gasteiger partial charge in [-0.2, -0.15) is 0 Å². The molecule has 1 rings (SSSR count). The van der Waals surface area contributed by atoms with Crippen molar-refractivity contribution in [1.29, 1.82) is 0 Å². The Morgan fingerprint density at radius 2 is 2.00 bits per heavy atom. The Kier molecular flexibility index (Phi) is 1.74. The van der Waals surface area contributed by atoms with Crippen molar-refractivity contribution in [2.45, 2.75) is 26.4 Å². The molecular formula is C7H10O3. The third-order valence-corrected chi connectivity index (χ3v) is 1.85. The SMILES string of the molecule is CC1OC(=O)CC(=O)[C@H]1C. The summed E-state index contributed by atoms with van der Waals surface area (Å²) in [6.45, 7) is 3.51. The lowest BCUT2D eigenvalue weighted by molar-refractivity contribution is -0.161. The molecule has 10 heavy (non-hydrogen) atoms. The monoisotopic (exact) mass is 142 g/mol. The third kappa shape index (κ3) is 1.17. The smallest absolute Gasteiger partial charge is 0.313 e. The molecule has 1 heterocycles. The molecule has 1 aliphatic heterocycles. The van der Waals surface area contributed by atoms with Crippen LogP contribution in [0.4, 0.5) is 0 Å². The fourth-order valence-electron chi connectivity index (χ4n) is 0.916. The summed E-state index contributed by atoms with van der Waals surface area (Å²) < 4.78 is 4.81. The fraction of sp³-hybridized carbons (Fsp3) is 0.714. The van der Waals surface area contributed by atoms with Gasteiger partial charge in [0.1, 0.15) is 18.3 Å². The van der Waals surface area contributed by atoms with Gasteiger partial charge in [-0.3, -0.25) is 9.59 Å². The van der Waals surface area contributed by atoms with Crippen molar-refractivity contribution in [3.63, 3.8) is 0 Å². The summed E-state index contributed by atoms with van der Waals surface area (Å²) in [6.07, 6.45) is -0.292. The van der Waals surface area contributed by atoms with E-state index < -0.39 is 5.97 Å². The second-order valence-electron chi connectivity index (χ2n) is 2.63. The number of cyclic esters (lactones) is 1. The zero-order valence-electron chi connectivity index (χ0n) is 6.09. The van der Waals surface area contributed by atoms with Gasteiger partial charge in [0.25, 0.3) is 0 Å². The molecule has 0 aromatic heterocycles. The van der Waals surface area contributed by atoms with Gasteiger partial charge in [-0.1, -0.05) is 6.92 Å². The quantitative estimate of drug-likeness (QED) is 0.366. The number of Topliss-reactive ketones (excluding diaryl/α,β-unsaturated/α-hetero) is 1. The predicted octanol–water partition coefficient (Wildman–Crippen LogP) is 0.527. The minimum Gasteiger partial charge on any atom is -0.462 e. The lowest BCUT2D eigenvalue weighted by Gasteiger charge is -2.23. The molecule has 1 unspecified atom stereocenters. The number of carbonyl (C=O) groups excluding carboxylic acids is 2. The van der Waals surface area contributed by atoms with E-state index in [2.05, 4.69) is 0 Å². The molecule has 56 valence electrons. The summed E-state index contributed by atoms with van der Waals surface area (Å²) in [4.78, 5) is 21.5. The second-order valence-corrected chi connectivity index (χ2v) is 2.63. The van der Waals surface area contributed by atoms with Crippen molar-refractivity contribution >= 4 is 11.8 Å². The van der Waals surface area contributed by atoms with Crippen molar-refractivity contribution in [2.24, 2.45) is 5.92 Å². The molecule has 0 bridgehead atoms. The minimum atomic E-state index is -0.393. The molecule has 0 aromatic rings. The molecule has 0 radical (unpaired) electrons. The molecule has 3 heteroatoms. The molecule has 0 amide bonds. The fourth-order valence-corrected chi connectivity index (χ4v) is 0.916. The maximum atomic E-state index is 10.9. The molecule has 1 aliphatic rings. The zero-order chi connectivity index (χ0) is 7.72. The van der Waals surface area contributed by atoms with Crippen molar-refractivity contribution in [3.05, 3.63) is 0 Å². The summed E-state index contributed by atoms with van der Waals surface area (Å²) in [7, 11) is 0. The molecule has 0 N–H and O–H groups in total. The largest absolute Gasteiger partial charge is 0.462 e. The van der Waals surface area contributed by atoms with Crippen molar-refractivity contribution in [1.82, 2.24) is 0 Å². The van der Waals surface area contributed by atoms with Gasteiger partial charge in [-0.25, -0.2) is 0 Å². The molecule has 1 saturated heterocycles. The van der Waals surface area contributed by atoms with Crippen LogP contribution < -0.4 is 0 Å². The summed E-state index contributed by atoms with van der Waals surface area (Å²) in [5.41, 5.74) is 0. The number of ketones is 1. The van der Waals surface area contributed by atoms with Crippen LogP contribution in [0.25, 0.3) is 0 Å². The molecule has 0 spiro atoms. The Bertz CT molecular complexity index is 174. The van der Waals surface area contributed by atoms with Gasteiger partial charge >= 0.3 is 5.97 Å². The van der Waals surface area contributed by atoms with Gasteiger partial charge in [-0.05, 0) is 6.92 Å². The topological polar surface area (TPSA) is 43.4 Å². The van der Waals surface area contributed by atoms with Crippen molar-refractivity contribution in [2.75, 3.05) is 0 Å². The average Bonchev–Trinajstić information content (AvgIpc) is 1.82. The molecule has 0 saturated carbocycles. The van der Waals surface area contributed by atoms with Gasteiger partial charge in [-0.15, -0.1) is 0 Å². The molecule has 1 fully saturated rings. The predicted molar refractivity (Wildman–Crippen MR) is 34.3 cm³/mol. The highest BCUT2D eigenvalue weighted by Crippen LogP contribution is 2.16. The first-order valence-corrected chi connectivity index (χ1v) is 3.33. The first-order valence-electron chi connectivity index (χ1n) is 3.33. The Labute approximate surface area is 59.4 Å². The van der Waals surface area contributed by atoms with E-state index in [1.165, 1.54) is 0 Å². The highest BCUT2D eigenvalue weighted by atomic mass is 16.5. The van der Waals surface area contributed by atoms with E-state index in [-0.39, 0.29) is 24.2 Å². The molecular weight excluding hydrogens is 132 g/mol. The number of ether oxygens (including phenoxy) is 1. The van der Waals surface area contributed by atoms with Gasteiger partial charge < -0.3 is 4.74 Å². The number of carbonyl (C=O) groups is 2. The number of hydrogen-bond donors (Lipinski definition) is 0. The second kappa shape index (κ2) is 2.40. The van der Waals surface area contributed by atoms with E-state index in [1.807, 2.05) is 0 Å². The Morgan fingerprint density at radius 3 is 2.50 bits per heavy atom. The van der Waals surface area contributed by atoms with E-state index in [9.17, 15) is 9.59 Å². The standard InChI is InChI=1S/C7H10O3/c1-4-5(2)10-7(9)3-6(4)8/h4-5H,3H2,1-2H3/t4-,5?/m0/s1. The molecule has 3 nitrogen and oxygen atoms in total. The highest BCUT2D eigenvalue weighted by molar-refractivity contribution is 5.98. The summed E-state index contributed by atoms with van der Waals surface area (Å²) >= 11 is 0. The summed E-state index contributed by atoms with van der Waals surface area (Å²) in [6, 6.07) is 0. The number of hydrogen-bond acceptors (Lipinski definition) is 3. The lowest BCUT2D eigenvalue weighted by Crippen LogP contribution is -2.35. The lowest BCUT2D eigenvalue weighted by atomic mass is 9.96. The van der Waals surface area contributed by atoms with Gasteiger partial charge in [0.15, 0.2) is 0 Å². The number of esters is 1. The normalized spacial score (nSPS) is 33.8. The summed E-state index contributed by atoms with van der Waals surface area (Å²) in [5.74, 6) is -0.531. The van der Waals surface area contributed by atoms with E-state index in [4.69, 9.17) is 4.74 Å². The highest BCUT2D eigenvalue weighted by Gasteiger charge is 2.30. The van der Waals surface area contributed by atoms with Crippen LogP contribution in [0.1, 0.15) is 20.3 Å². The van der Waals surface area contributed by atoms with E-state index >= 15 is 0 Å². The zero-order valence-corrected chi connectivity index (χ0v) is 6.09. The molecule has 0 aromatic carbocycles. The Morgan fingerprint density at radius 1 is 1.40 bits per heavy atom. The van der Waals surface area contributed by atoms with Crippen LogP contribution >= 0.6 is 0 Å². The third-order valence-electron chi connectivity index (χ3n) is 1.85. The van der Waals surface area contributed by atoms with E-state index in [1.54, 1.807) is 13.8 Å². The van der Waals surface area contributed by atoms with Gasteiger partial charge in [0.05, 0.1) is 5.92 Å². The van der Waals surface area contributed by atoms with Gasteiger partial charge in [0.2, 0.25) is 0 Å². The Balaban J connectivity index is 2.66. The van der Waals surface area contributed by atoms with E-state index in [0.29, 0.717) is 0 Å². The van der Waals surface area contributed by atoms with Crippen LogP contribution in [0.3, 0.4) is 0 Å². The van der Waals surface area contributed by atoms with Gasteiger partial charge in [0, 0.05) is 0 Å². The van der Waals surface area contributed by atoms with Crippen molar-refractivity contribution in [3.8, 4) is 0 Å². The maximum Gasteiger partial charge on any atom is 0.313 e. The molecule has 2 atom stereocenters. The van der Waals surface area contributed by atoms with Crippen LogP contribution in [-0.2, 0) is 14.3 Å². The van der Waals surface area contributed by atoms with Crippen LogP contribution in [0.15, 0.2) is 0 Å². The van der Waals surface area contributed by atoms with Crippen molar-refractivity contribution < 1.29 is 14.3 Å². The number of rotatable bonds is 0. The van der Waals surface area contributed by atoms with E-state index in [0.717, 1.165) is 0 Å². The average molecular weight is 142 g/mol. The Hall–Kier alpha value is -0.860. The summed E-state index contributed by atoms with van der Waals surface area (Å²) in [5, 5.41) is 0. The van der Waals surface area contributed by atoms with Crippen LogP contribution in [0, 0.1) is 5.92 Å².